The summed E-state index contributed by atoms with van der Waals surface area (Å²) in [6.45, 7) is 0. The van der Waals surface area contributed by atoms with Crippen LogP contribution < -0.4 is 0 Å². The number of fused-ring (bicyclic) bond motifs is 1. The molecule has 1 atom stereocenters. The lowest BCUT2D eigenvalue weighted by Crippen LogP contribution is -2.21. The van der Waals surface area contributed by atoms with Gasteiger partial charge in [-0.25, -0.2) is 0 Å². The third-order valence-electron chi connectivity index (χ3n) is 6.68. The maximum absolute atomic E-state index is 13.3. The van der Waals surface area contributed by atoms with Crippen LogP contribution in [-0.2, 0) is 24.1 Å². The average molecular weight is 453 g/mol. The highest BCUT2D eigenvalue weighted by molar-refractivity contribution is 6.02. The average Bonchev–Trinajstić information content (AvgIpc) is 3.51. The van der Waals surface area contributed by atoms with Crippen molar-refractivity contribution in [2.24, 2.45) is 5.92 Å². The van der Waals surface area contributed by atoms with E-state index in [2.05, 4.69) is 22.1 Å². The number of hydrogen-bond acceptors (Lipinski definition) is 4. The first-order valence-corrected chi connectivity index (χ1v) is 11.9. The van der Waals surface area contributed by atoms with Crippen molar-refractivity contribution >= 4 is 11.6 Å². The molecule has 5 heteroatoms. The number of pyridine rings is 1. The van der Waals surface area contributed by atoms with E-state index in [-0.39, 0.29) is 17.5 Å². The van der Waals surface area contributed by atoms with Gasteiger partial charge in [0.25, 0.3) is 0 Å². The molecule has 1 aliphatic carbocycles. The van der Waals surface area contributed by atoms with Crippen molar-refractivity contribution in [1.82, 2.24) is 9.97 Å². The second-order valence-corrected chi connectivity index (χ2v) is 9.08. The van der Waals surface area contributed by atoms with Crippen molar-refractivity contribution in [3.8, 4) is 11.3 Å². The Bertz CT molecular complexity index is 1260. The number of nitrogens with zero attached hydrogens (tertiary/aromatic N) is 1. The van der Waals surface area contributed by atoms with Gasteiger partial charge in [0, 0.05) is 61.3 Å². The normalized spacial score (nSPS) is 15.3. The number of rotatable bonds is 9. The van der Waals surface area contributed by atoms with Crippen LogP contribution in [0.3, 0.4) is 0 Å². The van der Waals surface area contributed by atoms with Gasteiger partial charge in [-0.05, 0) is 54.2 Å². The van der Waals surface area contributed by atoms with E-state index < -0.39 is 0 Å². The van der Waals surface area contributed by atoms with Gasteiger partial charge < -0.3 is 9.40 Å². The van der Waals surface area contributed by atoms with Gasteiger partial charge in [0.1, 0.15) is 11.5 Å². The summed E-state index contributed by atoms with van der Waals surface area (Å²) in [5.74, 6) is 1.42. The quantitative estimate of drug-likeness (QED) is 0.339. The summed E-state index contributed by atoms with van der Waals surface area (Å²) in [6, 6.07) is 18.0. The van der Waals surface area contributed by atoms with E-state index in [0.717, 1.165) is 46.7 Å². The number of aromatic nitrogens is 2. The fourth-order valence-electron chi connectivity index (χ4n) is 4.96. The zero-order valence-corrected chi connectivity index (χ0v) is 19.1. The Balaban J connectivity index is 1.33. The highest BCUT2D eigenvalue weighted by Crippen LogP contribution is 2.37. The van der Waals surface area contributed by atoms with Crippen LogP contribution in [0.4, 0.5) is 0 Å². The first-order valence-electron chi connectivity index (χ1n) is 11.9. The number of H-pyrrole nitrogens is 1. The number of aromatic amines is 1. The number of benzene rings is 1. The van der Waals surface area contributed by atoms with Gasteiger partial charge in [-0.3, -0.25) is 14.6 Å². The van der Waals surface area contributed by atoms with Gasteiger partial charge in [0.05, 0.1) is 12.0 Å². The van der Waals surface area contributed by atoms with Crippen molar-refractivity contribution in [1.29, 1.82) is 0 Å². The van der Waals surface area contributed by atoms with Crippen LogP contribution in [0.2, 0.25) is 0 Å². The molecule has 1 aliphatic rings. The van der Waals surface area contributed by atoms with Crippen LogP contribution >= 0.6 is 0 Å². The first-order chi connectivity index (χ1) is 16.7. The minimum Gasteiger partial charge on any atom is -0.469 e. The zero-order chi connectivity index (χ0) is 23.3. The molecule has 0 fully saturated rings. The Morgan fingerprint density at radius 2 is 1.82 bits per heavy atom. The largest absolute Gasteiger partial charge is 0.469 e. The lowest BCUT2D eigenvalue weighted by atomic mass is 9.81. The number of carbonyl (C=O) groups is 2. The van der Waals surface area contributed by atoms with Crippen molar-refractivity contribution in [3.05, 3.63) is 101 Å². The molecule has 0 saturated heterocycles. The standard InChI is InChI=1S/C29H28N2O3/c32-23(10-11-24-7-4-16-34-24)9-8-21-18-26-28(27(33)19-21)25(17-20-5-2-1-3-6-20)29(31-26)22-12-14-30-15-13-22/h1-7,12-16,21,31H,8-11,17-19H2. The van der Waals surface area contributed by atoms with Crippen molar-refractivity contribution < 1.29 is 14.0 Å². The topological polar surface area (TPSA) is 76.0 Å². The summed E-state index contributed by atoms with van der Waals surface area (Å²) in [5, 5.41) is 0. The van der Waals surface area contributed by atoms with E-state index in [1.165, 1.54) is 5.56 Å². The smallest absolute Gasteiger partial charge is 0.165 e. The lowest BCUT2D eigenvalue weighted by molar-refractivity contribution is -0.119. The van der Waals surface area contributed by atoms with Crippen LogP contribution in [-0.4, -0.2) is 21.5 Å². The van der Waals surface area contributed by atoms with Crippen molar-refractivity contribution in [3.63, 3.8) is 0 Å². The minimum absolute atomic E-state index is 0.178. The highest BCUT2D eigenvalue weighted by atomic mass is 16.3. The third-order valence-corrected chi connectivity index (χ3v) is 6.68. The highest BCUT2D eigenvalue weighted by Gasteiger charge is 2.31. The number of aryl methyl sites for hydroxylation is 1. The first kappa shape index (κ1) is 22.1. The predicted molar refractivity (Wildman–Crippen MR) is 131 cm³/mol. The van der Waals surface area contributed by atoms with E-state index in [9.17, 15) is 9.59 Å². The molecule has 4 aromatic rings. The molecule has 0 bridgehead atoms. The maximum Gasteiger partial charge on any atom is 0.165 e. The third kappa shape index (κ3) is 4.93. The molecular weight excluding hydrogens is 424 g/mol. The molecule has 0 amide bonds. The molecule has 1 N–H and O–H groups in total. The molecule has 172 valence electrons. The molecule has 0 saturated carbocycles. The number of furan rings is 1. The van der Waals surface area contributed by atoms with Gasteiger partial charge in [0.15, 0.2) is 5.78 Å². The Labute approximate surface area is 199 Å². The van der Waals surface area contributed by atoms with Crippen LogP contribution in [0.15, 0.2) is 77.7 Å². The van der Waals surface area contributed by atoms with Gasteiger partial charge in [-0.1, -0.05) is 30.3 Å². The molecule has 3 heterocycles. The predicted octanol–water partition coefficient (Wildman–Crippen LogP) is 5.99. The van der Waals surface area contributed by atoms with Crippen molar-refractivity contribution in [2.45, 2.75) is 44.9 Å². The molecule has 1 aromatic carbocycles. The summed E-state index contributed by atoms with van der Waals surface area (Å²) in [5.41, 5.74) is 6.12. The summed E-state index contributed by atoms with van der Waals surface area (Å²) < 4.78 is 5.32. The summed E-state index contributed by atoms with van der Waals surface area (Å²) in [4.78, 5) is 33.5. The number of hydrogen-bond donors (Lipinski definition) is 1. The molecule has 5 rings (SSSR count). The van der Waals surface area contributed by atoms with Crippen LogP contribution in [0.1, 0.15) is 58.6 Å². The Morgan fingerprint density at radius 3 is 2.59 bits per heavy atom. The molecule has 0 spiro atoms. The maximum atomic E-state index is 13.3. The van der Waals surface area contributed by atoms with Gasteiger partial charge in [-0.15, -0.1) is 0 Å². The van der Waals surface area contributed by atoms with Gasteiger partial charge >= 0.3 is 0 Å². The van der Waals surface area contributed by atoms with E-state index in [0.29, 0.717) is 32.1 Å². The van der Waals surface area contributed by atoms with E-state index in [4.69, 9.17) is 4.42 Å². The second-order valence-electron chi connectivity index (χ2n) is 9.08. The van der Waals surface area contributed by atoms with Gasteiger partial charge in [-0.2, -0.15) is 0 Å². The Morgan fingerprint density at radius 1 is 1.00 bits per heavy atom. The fourth-order valence-corrected chi connectivity index (χ4v) is 4.96. The number of Topliss-reactive ketones (excluding diaryl/α,β-unsaturated/α-hetero) is 2. The Kier molecular flexibility index (Phi) is 6.52. The van der Waals surface area contributed by atoms with Gasteiger partial charge in [0.2, 0.25) is 0 Å². The van der Waals surface area contributed by atoms with Crippen LogP contribution in [0.5, 0.6) is 0 Å². The minimum atomic E-state index is 0.178. The molecule has 0 aliphatic heterocycles. The summed E-state index contributed by atoms with van der Waals surface area (Å²) in [6.07, 6.45) is 9.53. The van der Waals surface area contributed by atoms with E-state index in [1.807, 2.05) is 42.5 Å². The number of carbonyl (C=O) groups excluding carboxylic acids is 2. The second kappa shape index (κ2) is 10.0. The SMILES string of the molecule is O=C(CCc1ccco1)CCC1CC(=O)c2c([nH]c(-c3ccncc3)c2Cc2ccccc2)C1. The number of ketones is 2. The molecule has 5 nitrogen and oxygen atoms in total. The molecule has 34 heavy (non-hydrogen) atoms. The van der Waals surface area contributed by atoms with E-state index >= 15 is 0 Å². The number of nitrogens with one attached hydrogen (secondary N) is 1. The summed E-state index contributed by atoms with van der Waals surface area (Å²) in [7, 11) is 0. The molecular formula is C29H28N2O3. The Hall–Kier alpha value is -3.73. The van der Waals surface area contributed by atoms with E-state index in [1.54, 1.807) is 18.7 Å². The summed E-state index contributed by atoms with van der Waals surface area (Å²) >= 11 is 0. The van der Waals surface area contributed by atoms with Crippen LogP contribution in [0, 0.1) is 5.92 Å². The molecule has 1 unspecified atom stereocenters. The monoisotopic (exact) mass is 452 g/mol. The lowest BCUT2D eigenvalue weighted by Gasteiger charge is -2.21. The zero-order valence-electron chi connectivity index (χ0n) is 19.1. The van der Waals surface area contributed by atoms with Crippen LogP contribution in [0.25, 0.3) is 11.3 Å². The van der Waals surface area contributed by atoms with Crippen molar-refractivity contribution in [2.75, 3.05) is 0 Å². The molecule has 0 radical (unpaired) electrons. The fraction of sp³-hybridized carbons (Fsp3) is 0.276. The molecule has 3 aromatic heterocycles.